The lowest BCUT2D eigenvalue weighted by Crippen LogP contribution is -2.43. The Labute approximate surface area is 99.4 Å². The zero-order valence-electron chi connectivity index (χ0n) is 9.82. The molecule has 0 aromatic carbocycles. The maximum atomic E-state index is 11.0. The van der Waals surface area contributed by atoms with Crippen molar-refractivity contribution in [2.24, 2.45) is 7.05 Å². The van der Waals surface area contributed by atoms with Gasteiger partial charge in [0.2, 0.25) is 0 Å². The summed E-state index contributed by atoms with van der Waals surface area (Å²) in [6, 6.07) is 1.61. The van der Waals surface area contributed by atoms with Crippen LogP contribution in [0.4, 0.5) is 5.82 Å². The van der Waals surface area contributed by atoms with Crippen LogP contribution in [0.25, 0.3) is 0 Å². The second-order valence-corrected chi connectivity index (χ2v) is 4.95. The van der Waals surface area contributed by atoms with Crippen molar-refractivity contribution in [2.75, 3.05) is 11.9 Å². The average Bonchev–Trinajstić information content (AvgIpc) is 2.85. The van der Waals surface area contributed by atoms with Gasteiger partial charge in [-0.2, -0.15) is 0 Å². The summed E-state index contributed by atoms with van der Waals surface area (Å²) in [6.07, 6.45) is 4.48. The van der Waals surface area contributed by atoms with Crippen molar-refractivity contribution in [3.05, 3.63) is 11.8 Å². The molecule has 1 saturated carbocycles. The number of hydrogen-bond acceptors (Lipinski definition) is 3. The summed E-state index contributed by atoms with van der Waals surface area (Å²) in [6.45, 7) is 0.775. The van der Waals surface area contributed by atoms with Crippen molar-refractivity contribution in [1.29, 1.82) is 0 Å². The van der Waals surface area contributed by atoms with Gasteiger partial charge < -0.3 is 19.7 Å². The van der Waals surface area contributed by atoms with Crippen molar-refractivity contribution < 1.29 is 14.6 Å². The van der Waals surface area contributed by atoms with Gasteiger partial charge in [-0.3, -0.25) is 0 Å². The van der Waals surface area contributed by atoms with Crippen molar-refractivity contribution in [2.45, 2.75) is 31.3 Å². The summed E-state index contributed by atoms with van der Waals surface area (Å²) >= 11 is 0. The molecule has 5 heteroatoms. The molecular weight excluding hydrogens is 220 g/mol. The van der Waals surface area contributed by atoms with Crippen LogP contribution in [0.15, 0.2) is 6.07 Å². The lowest BCUT2D eigenvalue weighted by molar-refractivity contribution is 0.0685. The Morgan fingerprint density at radius 1 is 1.53 bits per heavy atom. The fourth-order valence-corrected chi connectivity index (χ4v) is 2.88. The van der Waals surface area contributed by atoms with E-state index in [0.717, 1.165) is 25.2 Å². The molecule has 0 atom stereocenters. The zero-order chi connectivity index (χ0) is 12.0. The van der Waals surface area contributed by atoms with E-state index < -0.39 is 5.97 Å². The molecule has 0 saturated heterocycles. The van der Waals surface area contributed by atoms with Crippen molar-refractivity contribution in [1.82, 2.24) is 4.57 Å². The molecule has 2 heterocycles. The molecule has 2 aliphatic rings. The van der Waals surface area contributed by atoms with Gasteiger partial charge in [0.05, 0.1) is 6.54 Å². The number of aromatic nitrogens is 1. The van der Waals surface area contributed by atoms with E-state index in [9.17, 15) is 4.79 Å². The van der Waals surface area contributed by atoms with E-state index in [1.54, 1.807) is 17.7 Å². The molecule has 0 amide bonds. The minimum Gasteiger partial charge on any atom is -0.482 e. The Morgan fingerprint density at radius 3 is 2.88 bits per heavy atom. The second-order valence-electron chi connectivity index (χ2n) is 4.95. The van der Waals surface area contributed by atoms with Crippen LogP contribution in [-0.4, -0.2) is 27.8 Å². The van der Waals surface area contributed by atoms with E-state index in [4.69, 9.17) is 9.84 Å². The van der Waals surface area contributed by atoms with Gasteiger partial charge in [0.1, 0.15) is 17.1 Å². The molecule has 0 radical (unpaired) electrons. The summed E-state index contributed by atoms with van der Waals surface area (Å²) < 4.78 is 7.68. The van der Waals surface area contributed by atoms with Crippen LogP contribution in [0, 0.1) is 0 Å². The molecular formula is C12H16N2O3. The number of nitrogens with zero attached hydrogens (tertiary/aromatic N) is 1. The van der Waals surface area contributed by atoms with E-state index in [2.05, 4.69) is 5.32 Å². The van der Waals surface area contributed by atoms with Crippen molar-refractivity contribution in [3.63, 3.8) is 0 Å². The van der Waals surface area contributed by atoms with Crippen LogP contribution in [0.3, 0.4) is 0 Å². The maximum absolute atomic E-state index is 11.0. The SMILES string of the molecule is Cn1c(C(=O)O)cc2c1NCC1(CCCC1)O2. The normalized spacial score (nSPS) is 20.8. The molecule has 0 bridgehead atoms. The number of nitrogens with one attached hydrogen (secondary N) is 1. The maximum Gasteiger partial charge on any atom is 0.352 e. The number of hydrogen-bond donors (Lipinski definition) is 2. The number of carboxylic acids is 1. The van der Waals surface area contributed by atoms with Crippen LogP contribution < -0.4 is 10.1 Å². The minimum absolute atomic E-state index is 0.107. The minimum atomic E-state index is -0.923. The molecule has 5 nitrogen and oxygen atoms in total. The molecule has 1 spiro atoms. The van der Waals surface area contributed by atoms with E-state index >= 15 is 0 Å². The first-order valence-electron chi connectivity index (χ1n) is 5.97. The lowest BCUT2D eigenvalue weighted by atomic mass is 10.0. The van der Waals surface area contributed by atoms with Gasteiger partial charge in [0.15, 0.2) is 5.75 Å². The fourth-order valence-electron chi connectivity index (χ4n) is 2.88. The van der Waals surface area contributed by atoms with Gasteiger partial charge in [0, 0.05) is 13.1 Å². The number of carbonyl (C=O) groups is 1. The lowest BCUT2D eigenvalue weighted by Gasteiger charge is -2.35. The summed E-state index contributed by atoms with van der Waals surface area (Å²) in [7, 11) is 1.74. The van der Waals surface area contributed by atoms with Crippen LogP contribution in [0.5, 0.6) is 5.75 Å². The first kappa shape index (κ1) is 10.5. The largest absolute Gasteiger partial charge is 0.482 e. The van der Waals surface area contributed by atoms with Gasteiger partial charge in [-0.15, -0.1) is 0 Å². The number of anilines is 1. The van der Waals surface area contributed by atoms with Crippen LogP contribution in [-0.2, 0) is 7.05 Å². The number of carboxylic acid groups (broad SMARTS) is 1. The van der Waals surface area contributed by atoms with Crippen molar-refractivity contribution in [3.8, 4) is 5.75 Å². The van der Waals surface area contributed by atoms with E-state index in [0.29, 0.717) is 5.75 Å². The highest BCUT2D eigenvalue weighted by Gasteiger charge is 2.40. The molecule has 1 aliphatic heterocycles. The molecule has 1 aliphatic carbocycles. The van der Waals surface area contributed by atoms with Crippen LogP contribution >= 0.6 is 0 Å². The smallest absolute Gasteiger partial charge is 0.352 e. The highest BCUT2D eigenvalue weighted by atomic mass is 16.5. The quantitative estimate of drug-likeness (QED) is 0.781. The van der Waals surface area contributed by atoms with Crippen molar-refractivity contribution >= 4 is 11.8 Å². The Hall–Kier alpha value is -1.65. The van der Waals surface area contributed by atoms with Gasteiger partial charge in [-0.1, -0.05) is 0 Å². The van der Waals surface area contributed by atoms with Crippen LogP contribution in [0.1, 0.15) is 36.2 Å². The van der Waals surface area contributed by atoms with Gasteiger partial charge in [-0.05, 0) is 25.7 Å². The molecule has 2 N–H and O–H groups in total. The standard InChI is InChI=1S/C12H16N2O3/c1-14-8(11(15)16)6-9-10(14)13-7-12(17-9)4-2-3-5-12/h6,13H,2-5,7H2,1H3,(H,15,16). The predicted octanol–water partition coefficient (Wildman–Crippen LogP) is 1.84. The number of fused-ring (bicyclic) bond motifs is 1. The predicted molar refractivity (Wildman–Crippen MR) is 62.7 cm³/mol. The molecule has 3 rings (SSSR count). The number of rotatable bonds is 1. The van der Waals surface area contributed by atoms with Crippen LogP contribution in [0.2, 0.25) is 0 Å². The molecule has 1 aromatic heterocycles. The topological polar surface area (TPSA) is 63.5 Å². The Morgan fingerprint density at radius 2 is 2.24 bits per heavy atom. The third kappa shape index (κ3) is 1.49. The molecule has 1 fully saturated rings. The Balaban J connectivity index is 1.97. The highest BCUT2D eigenvalue weighted by Crippen LogP contribution is 2.42. The molecule has 92 valence electrons. The van der Waals surface area contributed by atoms with E-state index in [1.807, 2.05) is 0 Å². The summed E-state index contributed by atoms with van der Waals surface area (Å²) in [5.74, 6) is 0.533. The summed E-state index contributed by atoms with van der Waals surface area (Å²) in [5, 5.41) is 12.4. The first-order chi connectivity index (χ1) is 8.11. The second kappa shape index (κ2) is 3.42. The monoisotopic (exact) mass is 236 g/mol. The summed E-state index contributed by atoms with van der Waals surface area (Å²) in [5.41, 5.74) is 0.155. The highest BCUT2D eigenvalue weighted by molar-refractivity contribution is 5.88. The fraction of sp³-hybridized carbons (Fsp3) is 0.583. The van der Waals surface area contributed by atoms with Gasteiger partial charge in [0.25, 0.3) is 0 Å². The third-order valence-corrected chi connectivity index (χ3v) is 3.84. The summed E-state index contributed by atoms with van der Waals surface area (Å²) in [4.78, 5) is 11.0. The Bertz CT molecular complexity index is 472. The molecule has 1 aromatic rings. The third-order valence-electron chi connectivity index (χ3n) is 3.84. The van der Waals surface area contributed by atoms with E-state index in [-0.39, 0.29) is 11.3 Å². The number of aromatic carboxylic acids is 1. The van der Waals surface area contributed by atoms with E-state index in [1.165, 1.54) is 12.8 Å². The average molecular weight is 236 g/mol. The molecule has 17 heavy (non-hydrogen) atoms. The first-order valence-corrected chi connectivity index (χ1v) is 5.97. The Kier molecular flexibility index (Phi) is 2.11. The zero-order valence-corrected chi connectivity index (χ0v) is 9.82. The number of ether oxygens (including phenoxy) is 1. The molecule has 0 unspecified atom stereocenters. The van der Waals surface area contributed by atoms with Gasteiger partial charge in [-0.25, -0.2) is 4.79 Å². The van der Waals surface area contributed by atoms with Gasteiger partial charge >= 0.3 is 5.97 Å².